The van der Waals surface area contributed by atoms with Gasteiger partial charge in [0.25, 0.3) is 0 Å². The maximum absolute atomic E-state index is 6.03. The zero-order chi connectivity index (χ0) is 13.1. The molecule has 1 N–H and O–H groups in total. The smallest absolute Gasteiger partial charge is 0.152 e. The molecular weight excluding hydrogens is 238 g/mol. The standard InChI is InChI=1S/C16H17NO2/c1-17-16-13-9-5-6-10-14(13)18-11-15(16)19-12-7-3-2-4-8-12/h2-10,15-17H,11H2,1H3. The van der Waals surface area contributed by atoms with Crippen LogP contribution in [-0.4, -0.2) is 19.8 Å². The van der Waals surface area contributed by atoms with Crippen LogP contribution >= 0.6 is 0 Å². The van der Waals surface area contributed by atoms with E-state index in [4.69, 9.17) is 9.47 Å². The highest BCUT2D eigenvalue weighted by molar-refractivity contribution is 5.38. The number of para-hydroxylation sites is 2. The second kappa shape index (κ2) is 5.33. The fraction of sp³-hybridized carbons (Fsp3) is 0.250. The fourth-order valence-electron chi connectivity index (χ4n) is 2.45. The second-order valence-corrected chi connectivity index (χ2v) is 4.58. The number of hydrogen-bond donors (Lipinski definition) is 1. The topological polar surface area (TPSA) is 30.5 Å². The van der Waals surface area contributed by atoms with Gasteiger partial charge in [0.2, 0.25) is 0 Å². The van der Waals surface area contributed by atoms with E-state index in [-0.39, 0.29) is 12.1 Å². The minimum atomic E-state index is -0.0256. The molecule has 0 aliphatic carbocycles. The highest BCUT2D eigenvalue weighted by Crippen LogP contribution is 2.33. The van der Waals surface area contributed by atoms with Crippen molar-refractivity contribution in [2.45, 2.75) is 12.1 Å². The molecule has 0 fully saturated rings. The Labute approximate surface area is 113 Å². The first-order chi connectivity index (χ1) is 9.38. The van der Waals surface area contributed by atoms with Crippen LogP contribution in [0.2, 0.25) is 0 Å². The van der Waals surface area contributed by atoms with E-state index in [1.807, 2.05) is 55.6 Å². The SMILES string of the molecule is CNC1c2ccccc2OCC1Oc1ccccc1. The third-order valence-corrected chi connectivity index (χ3v) is 3.37. The maximum Gasteiger partial charge on any atom is 0.152 e. The molecular formula is C16H17NO2. The molecule has 0 saturated heterocycles. The van der Waals surface area contributed by atoms with Crippen molar-refractivity contribution in [2.75, 3.05) is 13.7 Å². The van der Waals surface area contributed by atoms with Crippen molar-refractivity contribution in [1.29, 1.82) is 0 Å². The Kier molecular flexibility index (Phi) is 3.38. The molecule has 0 amide bonds. The number of nitrogens with one attached hydrogen (secondary N) is 1. The summed E-state index contributed by atoms with van der Waals surface area (Å²) in [5.74, 6) is 1.81. The van der Waals surface area contributed by atoms with Gasteiger partial charge >= 0.3 is 0 Å². The van der Waals surface area contributed by atoms with Crippen molar-refractivity contribution >= 4 is 0 Å². The van der Waals surface area contributed by atoms with Crippen molar-refractivity contribution in [1.82, 2.24) is 5.32 Å². The van der Waals surface area contributed by atoms with E-state index < -0.39 is 0 Å². The largest absolute Gasteiger partial charge is 0.489 e. The molecule has 98 valence electrons. The summed E-state index contributed by atoms with van der Waals surface area (Å²) in [5, 5.41) is 3.33. The average molecular weight is 255 g/mol. The van der Waals surface area contributed by atoms with Crippen LogP contribution in [0.5, 0.6) is 11.5 Å². The van der Waals surface area contributed by atoms with E-state index in [1.54, 1.807) is 0 Å². The Morgan fingerprint density at radius 3 is 2.58 bits per heavy atom. The summed E-state index contributed by atoms with van der Waals surface area (Å²) in [6.07, 6.45) is -0.0256. The maximum atomic E-state index is 6.03. The molecule has 3 nitrogen and oxygen atoms in total. The monoisotopic (exact) mass is 255 g/mol. The number of ether oxygens (including phenoxy) is 2. The van der Waals surface area contributed by atoms with E-state index in [0.717, 1.165) is 17.1 Å². The molecule has 2 unspecified atom stereocenters. The van der Waals surface area contributed by atoms with Crippen LogP contribution in [0.25, 0.3) is 0 Å². The molecule has 2 aromatic carbocycles. The fourth-order valence-corrected chi connectivity index (χ4v) is 2.45. The van der Waals surface area contributed by atoms with Crippen LogP contribution in [0.4, 0.5) is 0 Å². The molecule has 2 aromatic rings. The quantitative estimate of drug-likeness (QED) is 0.914. The lowest BCUT2D eigenvalue weighted by molar-refractivity contribution is 0.0774. The van der Waals surface area contributed by atoms with Gasteiger partial charge in [-0.2, -0.15) is 0 Å². The van der Waals surface area contributed by atoms with Crippen molar-refractivity contribution in [3.05, 3.63) is 60.2 Å². The van der Waals surface area contributed by atoms with Gasteiger partial charge in [0.1, 0.15) is 18.1 Å². The lowest BCUT2D eigenvalue weighted by atomic mass is 9.98. The highest BCUT2D eigenvalue weighted by Gasteiger charge is 2.31. The molecule has 1 heterocycles. The summed E-state index contributed by atoms with van der Waals surface area (Å²) in [4.78, 5) is 0. The molecule has 1 aliphatic heterocycles. The van der Waals surface area contributed by atoms with E-state index in [9.17, 15) is 0 Å². The minimum Gasteiger partial charge on any atom is -0.489 e. The normalized spacial score (nSPS) is 21.3. The third kappa shape index (κ3) is 2.42. The van der Waals surface area contributed by atoms with Crippen molar-refractivity contribution in [3.8, 4) is 11.5 Å². The molecule has 0 saturated carbocycles. The van der Waals surface area contributed by atoms with Gasteiger partial charge in [0.05, 0.1) is 6.04 Å². The molecule has 0 aromatic heterocycles. The van der Waals surface area contributed by atoms with Gasteiger partial charge in [0, 0.05) is 5.56 Å². The Morgan fingerprint density at radius 1 is 1.05 bits per heavy atom. The van der Waals surface area contributed by atoms with Gasteiger partial charge in [-0.25, -0.2) is 0 Å². The van der Waals surface area contributed by atoms with Crippen molar-refractivity contribution < 1.29 is 9.47 Å². The van der Waals surface area contributed by atoms with Crippen LogP contribution in [0.3, 0.4) is 0 Å². The van der Waals surface area contributed by atoms with Crippen LogP contribution in [0.1, 0.15) is 11.6 Å². The molecule has 19 heavy (non-hydrogen) atoms. The van der Waals surface area contributed by atoms with Gasteiger partial charge in [0.15, 0.2) is 6.10 Å². The van der Waals surface area contributed by atoms with Crippen molar-refractivity contribution in [3.63, 3.8) is 0 Å². The average Bonchev–Trinajstić information content (AvgIpc) is 2.48. The first-order valence-electron chi connectivity index (χ1n) is 6.49. The zero-order valence-corrected chi connectivity index (χ0v) is 10.9. The predicted molar refractivity (Wildman–Crippen MR) is 74.6 cm³/mol. The Morgan fingerprint density at radius 2 is 1.79 bits per heavy atom. The van der Waals surface area contributed by atoms with Crippen LogP contribution in [-0.2, 0) is 0 Å². The number of benzene rings is 2. The van der Waals surface area contributed by atoms with E-state index >= 15 is 0 Å². The Balaban J connectivity index is 1.84. The first-order valence-corrected chi connectivity index (χ1v) is 6.49. The minimum absolute atomic E-state index is 0.0256. The van der Waals surface area contributed by atoms with Crippen LogP contribution < -0.4 is 14.8 Å². The Bertz CT molecular complexity index is 541. The van der Waals surface area contributed by atoms with E-state index in [0.29, 0.717) is 6.61 Å². The summed E-state index contributed by atoms with van der Waals surface area (Å²) >= 11 is 0. The molecule has 3 heteroatoms. The zero-order valence-electron chi connectivity index (χ0n) is 10.9. The molecule has 3 rings (SSSR count). The molecule has 2 atom stereocenters. The first kappa shape index (κ1) is 12.1. The van der Waals surface area contributed by atoms with Crippen LogP contribution in [0.15, 0.2) is 54.6 Å². The van der Waals surface area contributed by atoms with Gasteiger partial charge in [-0.3, -0.25) is 0 Å². The van der Waals surface area contributed by atoms with Crippen LogP contribution in [0, 0.1) is 0 Å². The summed E-state index contributed by atoms with van der Waals surface area (Å²) < 4.78 is 11.8. The lowest BCUT2D eigenvalue weighted by Gasteiger charge is -2.33. The molecule has 0 radical (unpaired) electrons. The number of likely N-dealkylation sites (N-methyl/N-ethyl adjacent to an activating group) is 1. The number of fused-ring (bicyclic) bond motifs is 1. The van der Waals surface area contributed by atoms with Crippen molar-refractivity contribution in [2.24, 2.45) is 0 Å². The lowest BCUT2D eigenvalue weighted by Crippen LogP contribution is -2.41. The van der Waals surface area contributed by atoms with Gasteiger partial charge in [-0.05, 0) is 25.2 Å². The highest BCUT2D eigenvalue weighted by atomic mass is 16.5. The second-order valence-electron chi connectivity index (χ2n) is 4.58. The summed E-state index contributed by atoms with van der Waals surface area (Å²) in [7, 11) is 1.95. The summed E-state index contributed by atoms with van der Waals surface area (Å²) in [5.41, 5.74) is 1.15. The number of hydrogen-bond acceptors (Lipinski definition) is 3. The van der Waals surface area contributed by atoms with Gasteiger partial charge < -0.3 is 14.8 Å². The summed E-state index contributed by atoms with van der Waals surface area (Å²) in [6, 6.07) is 18.1. The van der Waals surface area contributed by atoms with E-state index in [2.05, 4.69) is 11.4 Å². The summed E-state index contributed by atoms with van der Waals surface area (Å²) in [6.45, 7) is 0.553. The van der Waals surface area contributed by atoms with Gasteiger partial charge in [-0.15, -0.1) is 0 Å². The Hall–Kier alpha value is -2.00. The molecule has 0 spiro atoms. The number of rotatable bonds is 3. The molecule has 0 bridgehead atoms. The third-order valence-electron chi connectivity index (χ3n) is 3.37. The molecule has 1 aliphatic rings. The van der Waals surface area contributed by atoms with E-state index in [1.165, 1.54) is 0 Å². The van der Waals surface area contributed by atoms with Gasteiger partial charge in [-0.1, -0.05) is 36.4 Å². The predicted octanol–water partition coefficient (Wildman–Crippen LogP) is 2.79.